The van der Waals surface area contributed by atoms with Gasteiger partial charge < -0.3 is 4.90 Å². The van der Waals surface area contributed by atoms with Crippen molar-refractivity contribution in [3.8, 4) is 0 Å². The average Bonchev–Trinajstić information content (AvgIpc) is 2.63. The van der Waals surface area contributed by atoms with Gasteiger partial charge in [-0.3, -0.25) is 4.79 Å². The summed E-state index contributed by atoms with van der Waals surface area (Å²) in [5, 5.41) is 0. The van der Waals surface area contributed by atoms with Crippen molar-refractivity contribution in [3.05, 3.63) is 107 Å². The van der Waals surface area contributed by atoms with Crippen LogP contribution >= 0.6 is 0 Å². The minimum atomic E-state index is -0.820. The molecule has 0 heterocycles. The molecule has 0 radical (unpaired) electrons. The van der Waals surface area contributed by atoms with Crippen LogP contribution in [0.5, 0.6) is 0 Å². The number of benzene rings is 3. The summed E-state index contributed by atoms with van der Waals surface area (Å²) in [5.74, 6) is -2.57. The number of carbonyl (C=O) groups is 1. The molecule has 1 unspecified atom stereocenters. The lowest BCUT2D eigenvalue weighted by atomic mass is 9.96. The largest absolute Gasteiger partial charge is 0.331 e. The Balaban J connectivity index is 2.03. The summed E-state index contributed by atoms with van der Waals surface area (Å²) in [6.07, 6.45) is 0. The first-order valence-electron chi connectivity index (χ1n) is 7.99. The Morgan fingerprint density at radius 1 is 0.769 bits per heavy atom. The lowest BCUT2D eigenvalue weighted by molar-refractivity contribution is 0.0754. The Morgan fingerprint density at radius 2 is 1.31 bits per heavy atom. The standard InChI is InChI=1S/C21H16F3NO/c1-25(21(26)16-11-18(23)13-19(24)12-16)20(14-5-3-2-4-6-14)15-7-9-17(22)10-8-15/h2-13,20H,1H3. The summed E-state index contributed by atoms with van der Waals surface area (Å²) in [6.45, 7) is 0. The van der Waals surface area contributed by atoms with Gasteiger partial charge in [0, 0.05) is 18.7 Å². The molecule has 0 saturated carbocycles. The highest BCUT2D eigenvalue weighted by atomic mass is 19.1. The molecule has 3 rings (SSSR count). The second kappa shape index (κ2) is 7.44. The predicted octanol–water partition coefficient (Wildman–Crippen LogP) is 4.97. The molecule has 3 aromatic carbocycles. The molecule has 0 saturated heterocycles. The SMILES string of the molecule is CN(C(=O)c1cc(F)cc(F)c1)C(c1ccccc1)c1ccc(F)cc1. The molecular formula is C21H16F3NO. The van der Waals surface area contributed by atoms with Crippen molar-refractivity contribution in [2.45, 2.75) is 6.04 Å². The molecule has 0 N–H and O–H groups in total. The molecule has 0 spiro atoms. The maximum absolute atomic E-state index is 13.5. The van der Waals surface area contributed by atoms with Crippen molar-refractivity contribution < 1.29 is 18.0 Å². The van der Waals surface area contributed by atoms with Gasteiger partial charge in [-0.2, -0.15) is 0 Å². The summed E-state index contributed by atoms with van der Waals surface area (Å²) < 4.78 is 40.3. The highest BCUT2D eigenvalue weighted by Gasteiger charge is 2.25. The van der Waals surface area contributed by atoms with Crippen LogP contribution in [0.1, 0.15) is 27.5 Å². The first-order valence-corrected chi connectivity index (χ1v) is 7.99. The van der Waals surface area contributed by atoms with E-state index in [1.165, 1.54) is 17.0 Å². The third-order valence-corrected chi connectivity index (χ3v) is 4.12. The maximum Gasteiger partial charge on any atom is 0.254 e. The Morgan fingerprint density at radius 3 is 1.88 bits per heavy atom. The van der Waals surface area contributed by atoms with Crippen LogP contribution in [0.25, 0.3) is 0 Å². The first-order chi connectivity index (χ1) is 12.5. The Hall–Kier alpha value is -3.08. The van der Waals surface area contributed by atoms with Crippen molar-refractivity contribution in [2.24, 2.45) is 0 Å². The van der Waals surface area contributed by atoms with Crippen molar-refractivity contribution in [1.82, 2.24) is 4.90 Å². The van der Waals surface area contributed by atoms with Gasteiger partial charge in [-0.25, -0.2) is 13.2 Å². The van der Waals surface area contributed by atoms with E-state index >= 15 is 0 Å². The number of hydrogen-bond acceptors (Lipinski definition) is 1. The van der Waals surface area contributed by atoms with E-state index in [4.69, 9.17) is 0 Å². The molecule has 5 heteroatoms. The zero-order valence-electron chi connectivity index (χ0n) is 14.0. The molecule has 0 aromatic heterocycles. The van der Waals surface area contributed by atoms with E-state index in [1.807, 2.05) is 30.3 Å². The monoisotopic (exact) mass is 355 g/mol. The van der Waals surface area contributed by atoms with Crippen LogP contribution in [0, 0.1) is 17.5 Å². The minimum Gasteiger partial charge on any atom is -0.331 e. The van der Waals surface area contributed by atoms with E-state index in [2.05, 4.69) is 0 Å². The zero-order valence-corrected chi connectivity index (χ0v) is 14.0. The maximum atomic E-state index is 13.5. The van der Waals surface area contributed by atoms with E-state index in [-0.39, 0.29) is 11.4 Å². The van der Waals surface area contributed by atoms with Crippen LogP contribution < -0.4 is 0 Å². The third-order valence-electron chi connectivity index (χ3n) is 4.12. The van der Waals surface area contributed by atoms with E-state index in [9.17, 15) is 18.0 Å². The molecule has 3 aromatic rings. The number of amides is 1. The fourth-order valence-electron chi connectivity index (χ4n) is 2.92. The van der Waals surface area contributed by atoms with Crippen molar-refractivity contribution >= 4 is 5.91 Å². The molecule has 26 heavy (non-hydrogen) atoms. The fraction of sp³-hybridized carbons (Fsp3) is 0.0952. The summed E-state index contributed by atoms with van der Waals surface area (Å²) in [6, 6.07) is 17.1. The Labute approximate surface area is 149 Å². The first kappa shape index (κ1) is 17.7. The third kappa shape index (κ3) is 3.77. The number of rotatable bonds is 4. The molecule has 0 aliphatic heterocycles. The van der Waals surface area contributed by atoms with Gasteiger partial charge in [-0.05, 0) is 35.4 Å². The number of hydrogen-bond donors (Lipinski definition) is 0. The zero-order chi connectivity index (χ0) is 18.7. The van der Waals surface area contributed by atoms with Gasteiger partial charge in [0.25, 0.3) is 5.91 Å². The van der Waals surface area contributed by atoms with Crippen molar-refractivity contribution in [2.75, 3.05) is 7.05 Å². The lowest BCUT2D eigenvalue weighted by Crippen LogP contribution is -2.32. The molecule has 0 fully saturated rings. The van der Waals surface area contributed by atoms with Crippen LogP contribution in [-0.2, 0) is 0 Å². The molecule has 0 bridgehead atoms. The van der Waals surface area contributed by atoms with Crippen molar-refractivity contribution in [1.29, 1.82) is 0 Å². The predicted molar refractivity (Wildman–Crippen MR) is 93.1 cm³/mol. The Kier molecular flexibility index (Phi) is 5.07. The molecule has 1 amide bonds. The summed E-state index contributed by atoms with van der Waals surface area (Å²) in [4.78, 5) is 14.2. The van der Waals surface area contributed by atoms with Crippen molar-refractivity contribution in [3.63, 3.8) is 0 Å². The van der Waals surface area contributed by atoms with Crippen LogP contribution in [-0.4, -0.2) is 17.9 Å². The average molecular weight is 355 g/mol. The summed E-state index contributed by atoms with van der Waals surface area (Å²) >= 11 is 0. The van der Waals surface area contributed by atoms with Crippen LogP contribution in [0.3, 0.4) is 0 Å². The van der Waals surface area contributed by atoms with Crippen LogP contribution in [0.15, 0.2) is 72.8 Å². The van der Waals surface area contributed by atoms with E-state index in [0.717, 1.165) is 17.7 Å². The molecule has 2 nitrogen and oxygen atoms in total. The highest BCUT2D eigenvalue weighted by Crippen LogP contribution is 2.29. The second-order valence-electron chi connectivity index (χ2n) is 5.94. The van der Waals surface area contributed by atoms with Crippen LogP contribution in [0.2, 0.25) is 0 Å². The van der Waals surface area contributed by atoms with Gasteiger partial charge in [-0.15, -0.1) is 0 Å². The quantitative estimate of drug-likeness (QED) is 0.647. The molecular weight excluding hydrogens is 339 g/mol. The number of nitrogens with zero attached hydrogens (tertiary/aromatic N) is 1. The minimum absolute atomic E-state index is 0.0898. The normalized spacial score (nSPS) is 11.8. The van der Waals surface area contributed by atoms with Gasteiger partial charge in [0.05, 0.1) is 6.04 Å². The fourth-order valence-corrected chi connectivity index (χ4v) is 2.92. The molecule has 0 aliphatic rings. The van der Waals surface area contributed by atoms with Crippen LogP contribution in [0.4, 0.5) is 13.2 Å². The van der Waals surface area contributed by atoms with Gasteiger partial charge in [0.1, 0.15) is 17.5 Å². The topological polar surface area (TPSA) is 20.3 Å². The van der Waals surface area contributed by atoms with Gasteiger partial charge in [0.2, 0.25) is 0 Å². The van der Waals surface area contributed by atoms with Gasteiger partial charge >= 0.3 is 0 Å². The van der Waals surface area contributed by atoms with E-state index < -0.39 is 23.6 Å². The highest BCUT2D eigenvalue weighted by molar-refractivity contribution is 5.94. The van der Waals surface area contributed by atoms with E-state index in [0.29, 0.717) is 11.6 Å². The van der Waals surface area contributed by atoms with Gasteiger partial charge in [-0.1, -0.05) is 42.5 Å². The number of halogens is 3. The van der Waals surface area contributed by atoms with E-state index in [1.54, 1.807) is 19.2 Å². The molecule has 1 atom stereocenters. The molecule has 132 valence electrons. The van der Waals surface area contributed by atoms with Gasteiger partial charge in [0.15, 0.2) is 0 Å². The smallest absolute Gasteiger partial charge is 0.254 e. The summed E-state index contributed by atoms with van der Waals surface area (Å²) in [7, 11) is 1.55. The number of carbonyl (C=O) groups excluding carboxylic acids is 1. The molecule has 0 aliphatic carbocycles. The second-order valence-corrected chi connectivity index (χ2v) is 5.94. The lowest BCUT2D eigenvalue weighted by Gasteiger charge is -2.29. The summed E-state index contributed by atoms with van der Waals surface area (Å²) in [5.41, 5.74) is 1.39. The Bertz CT molecular complexity index is 890.